The minimum atomic E-state index is -3.76. The van der Waals surface area contributed by atoms with Crippen LogP contribution in [0.1, 0.15) is 56.0 Å². The molecule has 3 aromatic rings. The lowest BCUT2D eigenvalue weighted by Gasteiger charge is -2.37. The highest BCUT2D eigenvalue weighted by Gasteiger charge is 2.65. The third kappa shape index (κ3) is 3.11. The molecule has 0 saturated heterocycles. The minimum Gasteiger partial charge on any atom is -0.396 e. The van der Waals surface area contributed by atoms with Crippen molar-refractivity contribution in [2.45, 2.75) is 49.6 Å². The molecule has 2 bridgehead atoms. The van der Waals surface area contributed by atoms with E-state index in [1.165, 1.54) is 24.4 Å². The summed E-state index contributed by atoms with van der Waals surface area (Å²) in [6.45, 7) is 3.92. The average molecular weight is 487 g/mol. The maximum atomic E-state index is 14.4. The number of nitrogens with zero attached hydrogens (tertiary/aromatic N) is 4. The van der Waals surface area contributed by atoms with Crippen molar-refractivity contribution in [1.82, 2.24) is 20.2 Å². The average Bonchev–Trinajstić information content (AvgIpc) is 3.19. The van der Waals surface area contributed by atoms with E-state index in [4.69, 9.17) is 5.11 Å². The molecule has 1 saturated carbocycles. The number of hydrogen-bond donors (Lipinski definition) is 1. The van der Waals surface area contributed by atoms with Gasteiger partial charge in [-0.05, 0) is 60.4 Å². The summed E-state index contributed by atoms with van der Waals surface area (Å²) < 4.78 is 54.2. The van der Waals surface area contributed by atoms with Gasteiger partial charge >= 0.3 is 0 Å². The molecule has 2 heterocycles. The van der Waals surface area contributed by atoms with Gasteiger partial charge in [-0.15, -0.1) is 5.10 Å². The Kier molecular flexibility index (Phi) is 5.29. The molecule has 1 fully saturated rings. The van der Waals surface area contributed by atoms with E-state index >= 15 is 0 Å². The summed E-state index contributed by atoms with van der Waals surface area (Å²) in [5.41, 5.74) is 0.858. The molecule has 1 aromatic carbocycles. The fourth-order valence-electron chi connectivity index (χ4n) is 5.83. The molecule has 2 atom stereocenters. The van der Waals surface area contributed by atoms with Crippen LogP contribution in [0.4, 0.5) is 8.78 Å². The zero-order chi connectivity index (χ0) is 24.3. The van der Waals surface area contributed by atoms with Crippen LogP contribution in [0.25, 0.3) is 11.3 Å². The first-order chi connectivity index (χ1) is 16.1. The molecule has 34 heavy (non-hydrogen) atoms. The fraction of sp³-hybridized carbons (Fsp3) is 0.417. The SMILES string of the molecule is CC1(C)[C@H]2CC[C@]1(c1ccnc(S(=O)(=O)CCCO)n1)c1nnc(-c3c(F)cccc3F)cc12. The van der Waals surface area contributed by atoms with Crippen LogP contribution < -0.4 is 0 Å². The van der Waals surface area contributed by atoms with Crippen molar-refractivity contribution < 1.29 is 22.3 Å². The van der Waals surface area contributed by atoms with Gasteiger partial charge in [-0.25, -0.2) is 27.2 Å². The Morgan fingerprint density at radius 1 is 1.15 bits per heavy atom. The van der Waals surface area contributed by atoms with Crippen molar-refractivity contribution in [3.8, 4) is 11.3 Å². The molecular weight excluding hydrogens is 462 g/mol. The zero-order valence-electron chi connectivity index (χ0n) is 18.8. The van der Waals surface area contributed by atoms with Crippen molar-refractivity contribution in [2.75, 3.05) is 12.4 Å². The lowest BCUT2D eigenvalue weighted by atomic mass is 9.66. The van der Waals surface area contributed by atoms with Crippen LogP contribution in [0.2, 0.25) is 0 Å². The maximum absolute atomic E-state index is 14.4. The summed E-state index contributed by atoms with van der Waals surface area (Å²) in [6.07, 6.45) is 3.01. The predicted molar refractivity (Wildman–Crippen MR) is 120 cm³/mol. The molecule has 5 rings (SSSR count). The highest BCUT2D eigenvalue weighted by molar-refractivity contribution is 7.91. The van der Waals surface area contributed by atoms with E-state index in [0.717, 1.165) is 12.0 Å². The molecule has 1 N–H and O–H groups in total. The normalized spacial score (nSPS) is 22.7. The number of halogens is 2. The molecule has 0 radical (unpaired) electrons. The smallest absolute Gasteiger partial charge is 0.247 e. The lowest BCUT2D eigenvalue weighted by Crippen LogP contribution is -2.38. The van der Waals surface area contributed by atoms with Crippen molar-refractivity contribution in [3.63, 3.8) is 0 Å². The molecule has 178 valence electrons. The van der Waals surface area contributed by atoms with Gasteiger partial charge in [0.15, 0.2) is 0 Å². The van der Waals surface area contributed by atoms with E-state index in [1.807, 2.05) is 0 Å². The van der Waals surface area contributed by atoms with Crippen LogP contribution in [0.15, 0.2) is 41.7 Å². The number of fused-ring (bicyclic) bond motifs is 5. The Balaban J connectivity index is 1.66. The second-order valence-electron chi connectivity index (χ2n) is 9.47. The van der Waals surface area contributed by atoms with Gasteiger partial charge in [0.2, 0.25) is 15.0 Å². The van der Waals surface area contributed by atoms with E-state index in [1.54, 1.807) is 12.1 Å². The highest BCUT2D eigenvalue weighted by atomic mass is 32.2. The van der Waals surface area contributed by atoms with E-state index in [9.17, 15) is 17.2 Å². The van der Waals surface area contributed by atoms with Gasteiger partial charge in [0, 0.05) is 12.8 Å². The Hall–Kier alpha value is -2.85. The number of aliphatic hydroxyl groups is 1. The van der Waals surface area contributed by atoms with Gasteiger partial charge in [-0.3, -0.25) is 0 Å². The van der Waals surface area contributed by atoms with Crippen LogP contribution in [0.5, 0.6) is 0 Å². The molecule has 2 aliphatic rings. The third-order valence-electron chi connectivity index (χ3n) is 7.52. The number of rotatable bonds is 6. The predicted octanol–water partition coefficient (Wildman–Crippen LogP) is 3.57. The van der Waals surface area contributed by atoms with Crippen LogP contribution in [0, 0.1) is 17.0 Å². The molecule has 0 aliphatic heterocycles. The summed E-state index contributed by atoms with van der Waals surface area (Å²) in [4.78, 5) is 8.48. The van der Waals surface area contributed by atoms with Gasteiger partial charge < -0.3 is 5.11 Å². The first-order valence-electron chi connectivity index (χ1n) is 11.1. The largest absolute Gasteiger partial charge is 0.396 e. The number of aliphatic hydroxyl groups excluding tert-OH is 1. The van der Waals surface area contributed by atoms with Crippen molar-refractivity contribution in [1.29, 1.82) is 0 Å². The molecule has 10 heteroatoms. The van der Waals surface area contributed by atoms with E-state index in [-0.39, 0.29) is 41.1 Å². The minimum absolute atomic E-state index is 0.0380. The Bertz CT molecular complexity index is 1380. The van der Waals surface area contributed by atoms with Crippen molar-refractivity contribution in [3.05, 3.63) is 65.1 Å². The molecule has 0 spiro atoms. The second kappa shape index (κ2) is 7.84. The number of hydrogen-bond acceptors (Lipinski definition) is 7. The summed E-state index contributed by atoms with van der Waals surface area (Å²) in [7, 11) is -3.76. The van der Waals surface area contributed by atoms with Crippen LogP contribution in [-0.2, 0) is 15.3 Å². The van der Waals surface area contributed by atoms with Crippen LogP contribution >= 0.6 is 0 Å². The molecular formula is C24H24F2N4O3S. The molecule has 2 aliphatic carbocycles. The van der Waals surface area contributed by atoms with Crippen LogP contribution in [0.3, 0.4) is 0 Å². The summed E-state index contributed by atoms with van der Waals surface area (Å²) >= 11 is 0. The van der Waals surface area contributed by atoms with E-state index in [0.29, 0.717) is 17.8 Å². The molecule has 0 amide bonds. The first kappa shape index (κ1) is 22.9. The molecule has 2 aromatic heterocycles. The monoisotopic (exact) mass is 486 g/mol. The number of sulfone groups is 1. The topological polar surface area (TPSA) is 106 Å². The Labute approximate surface area is 196 Å². The fourth-order valence-corrected chi connectivity index (χ4v) is 6.98. The third-order valence-corrected chi connectivity index (χ3v) is 9.10. The second-order valence-corrected chi connectivity index (χ2v) is 11.5. The van der Waals surface area contributed by atoms with E-state index < -0.39 is 32.3 Å². The van der Waals surface area contributed by atoms with Crippen LogP contribution in [-0.4, -0.2) is 46.0 Å². The molecule has 7 nitrogen and oxygen atoms in total. The summed E-state index contributed by atoms with van der Waals surface area (Å²) in [6, 6.07) is 7.08. The Morgan fingerprint density at radius 2 is 1.88 bits per heavy atom. The van der Waals surface area contributed by atoms with Gasteiger partial charge in [0.1, 0.15) is 11.6 Å². The van der Waals surface area contributed by atoms with Gasteiger partial charge in [0.05, 0.1) is 33.8 Å². The van der Waals surface area contributed by atoms with Gasteiger partial charge in [-0.2, -0.15) is 5.10 Å². The Morgan fingerprint density at radius 3 is 2.59 bits per heavy atom. The quantitative estimate of drug-likeness (QED) is 0.531. The summed E-state index contributed by atoms with van der Waals surface area (Å²) in [5, 5.41) is 17.4. The van der Waals surface area contributed by atoms with E-state index in [2.05, 4.69) is 34.0 Å². The zero-order valence-corrected chi connectivity index (χ0v) is 19.6. The summed E-state index contributed by atoms with van der Waals surface area (Å²) in [5.74, 6) is -1.63. The number of aromatic nitrogens is 4. The van der Waals surface area contributed by atoms with Gasteiger partial charge in [0.25, 0.3) is 0 Å². The molecule has 0 unspecified atom stereocenters. The lowest BCUT2D eigenvalue weighted by molar-refractivity contribution is 0.241. The highest BCUT2D eigenvalue weighted by Crippen LogP contribution is 2.69. The van der Waals surface area contributed by atoms with Crippen molar-refractivity contribution in [2.24, 2.45) is 5.41 Å². The number of benzene rings is 1. The maximum Gasteiger partial charge on any atom is 0.247 e. The van der Waals surface area contributed by atoms with Gasteiger partial charge in [-0.1, -0.05) is 19.9 Å². The van der Waals surface area contributed by atoms with Crippen molar-refractivity contribution >= 4 is 9.84 Å². The standard InChI is InChI=1S/C24H24F2N4O3S/c1-23(2)15-7-9-24(23,19-8-10-27-22(28-19)34(32,33)12-4-11-31)21-14(15)13-18(29-30-21)20-16(25)5-3-6-17(20)26/h3,5-6,8,10,13,15,31H,4,7,9,11-12H2,1-2H3/t15-,24-/m0/s1. The first-order valence-corrected chi connectivity index (χ1v) is 12.8.